The summed E-state index contributed by atoms with van der Waals surface area (Å²) in [5.74, 6) is -8.55. The van der Waals surface area contributed by atoms with Crippen LogP contribution in [0.15, 0.2) is 46.9 Å². The number of carbonyl (C=O) groups excluding carboxylic acids is 1. The molecule has 1 heterocycles. The minimum atomic E-state index is -4.67. The maximum Gasteiger partial charge on any atom is 0.417 e. The van der Waals surface area contributed by atoms with Crippen LogP contribution in [0.5, 0.6) is 0 Å². The van der Waals surface area contributed by atoms with Crippen molar-refractivity contribution >= 4 is 17.5 Å². The lowest BCUT2D eigenvalue weighted by atomic mass is 10.1. The number of aromatic nitrogens is 1. The van der Waals surface area contributed by atoms with E-state index in [9.17, 15) is 35.5 Å². The number of halogens is 8. The molecule has 0 aliphatic heterocycles. The number of nitrogens with one attached hydrogen (secondary N) is 1. The van der Waals surface area contributed by atoms with Crippen LogP contribution in [0.4, 0.5) is 30.7 Å². The van der Waals surface area contributed by atoms with E-state index in [2.05, 4.69) is 15.0 Å². The van der Waals surface area contributed by atoms with Gasteiger partial charge >= 0.3 is 6.18 Å². The molecule has 1 amide bonds. The summed E-state index contributed by atoms with van der Waals surface area (Å²) in [5.41, 5.74) is -2.26. The second-order valence-corrected chi connectivity index (χ2v) is 6.14. The van der Waals surface area contributed by atoms with Crippen LogP contribution in [0, 0.1) is 0 Å². The fourth-order valence-corrected chi connectivity index (χ4v) is 2.56. The van der Waals surface area contributed by atoms with Crippen molar-refractivity contribution < 1.29 is 40.3 Å². The van der Waals surface area contributed by atoms with Crippen LogP contribution < -0.4 is 5.32 Å². The Kier molecular flexibility index (Phi) is 6.93. The van der Waals surface area contributed by atoms with E-state index in [1.54, 1.807) is 0 Å². The molecule has 4 nitrogen and oxygen atoms in total. The van der Waals surface area contributed by atoms with Gasteiger partial charge in [-0.25, -0.2) is 13.2 Å². The highest BCUT2D eigenvalue weighted by Gasteiger charge is 2.32. The highest BCUT2D eigenvalue weighted by atomic mass is 35.5. The second-order valence-electron chi connectivity index (χ2n) is 5.73. The minimum absolute atomic E-state index is 0.139. The zero-order valence-electron chi connectivity index (χ0n) is 14.6. The van der Waals surface area contributed by atoms with Crippen LogP contribution in [0.2, 0.25) is 5.02 Å². The van der Waals surface area contributed by atoms with Gasteiger partial charge in [0.1, 0.15) is 5.83 Å². The molecule has 2 rings (SSSR count). The Bertz CT molecular complexity index is 923. The number of hydrogen-bond donors (Lipinski definition) is 1. The first kappa shape index (κ1) is 22.7. The first-order valence-electron chi connectivity index (χ1n) is 7.80. The van der Waals surface area contributed by atoms with Crippen molar-refractivity contribution in [2.45, 2.75) is 25.6 Å². The molecule has 0 radical (unpaired) electrons. The number of rotatable bonds is 5. The molecule has 1 N–H and O–H groups in total. The predicted octanol–water partition coefficient (Wildman–Crippen LogP) is 5.37. The molecule has 1 aliphatic carbocycles. The number of pyridine rings is 1. The van der Waals surface area contributed by atoms with Crippen molar-refractivity contribution in [1.82, 2.24) is 10.3 Å². The third kappa shape index (κ3) is 5.28. The maximum atomic E-state index is 14.1. The average molecular weight is 445 g/mol. The van der Waals surface area contributed by atoms with E-state index < -0.39 is 76.7 Å². The molecule has 0 spiro atoms. The molecular weight excluding hydrogens is 433 g/mol. The molecule has 1 aromatic rings. The molecule has 0 bridgehead atoms. The standard InChI is InChI=1S/C17H12ClF7N2O2/c1-29-16-11(20)4-10(19)8(14(21)15(16)22)3-13(28)27-6-12-9(18)2-7(5-26-12)17(23,24)25/h2,5H,3-4,6H2,1H3,(H,27,28). The Balaban J connectivity index is 2.12. The Morgan fingerprint density at radius 3 is 2.41 bits per heavy atom. The molecule has 0 aromatic carbocycles. The quantitative estimate of drug-likeness (QED) is 0.622. The zero-order chi connectivity index (χ0) is 21.9. The smallest absolute Gasteiger partial charge is 0.417 e. The van der Waals surface area contributed by atoms with Crippen molar-refractivity contribution in [2.75, 3.05) is 7.11 Å². The third-order valence-electron chi connectivity index (χ3n) is 3.78. The van der Waals surface area contributed by atoms with Crippen LogP contribution in [0.25, 0.3) is 0 Å². The molecule has 0 unspecified atom stereocenters. The first-order valence-corrected chi connectivity index (χ1v) is 8.18. The van der Waals surface area contributed by atoms with Gasteiger partial charge in [0.2, 0.25) is 11.7 Å². The van der Waals surface area contributed by atoms with Gasteiger partial charge < -0.3 is 10.1 Å². The fourth-order valence-electron chi connectivity index (χ4n) is 2.32. The lowest BCUT2D eigenvalue weighted by Gasteiger charge is -2.11. The van der Waals surface area contributed by atoms with Gasteiger partial charge in [-0.2, -0.15) is 17.6 Å². The summed E-state index contributed by atoms with van der Waals surface area (Å²) >= 11 is 5.68. The Hall–Kier alpha value is -2.56. The molecule has 0 saturated heterocycles. The van der Waals surface area contributed by atoms with Crippen molar-refractivity contribution in [3.63, 3.8) is 0 Å². The summed E-state index contributed by atoms with van der Waals surface area (Å²) in [6, 6.07) is 0.599. The summed E-state index contributed by atoms with van der Waals surface area (Å²) in [7, 11) is 0.859. The van der Waals surface area contributed by atoms with Gasteiger partial charge in [0.25, 0.3) is 0 Å². The highest BCUT2D eigenvalue weighted by Crippen LogP contribution is 2.37. The van der Waals surface area contributed by atoms with Crippen LogP contribution >= 0.6 is 11.6 Å². The Morgan fingerprint density at radius 1 is 1.21 bits per heavy atom. The van der Waals surface area contributed by atoms with Crippen molar-refractivity contribution in [2.24, 2.45) is 0 Å². The van der Waals surface area contributed by atoms with E-state index in [1.807, 2.05) is 0 Å². The van der Waals surface area contributed by atoms with E-state index in [0.717, 1.165) is 7.11 Å². The molecule has 1 aliphatic rings. The van der Waals surface area contributed by atoms with E-state index >= 15 is 0 Å². The summed E-state index contributed by atoms with van der Waals surface area (Å²) in [6.45, 7) is -0.464. The zero-order valence-corrected chi connectivity index (χ0v) is 15.3. The number of hydrogen-bond acceptors (Lipinski definition) is 3. The minimum Gasteiger partial charge on any atom is -0.491 e. The topological polar surface area (TPSA) is 51.2 Å². The molecule has 29 heavy (non-hydrogen) atoms. The van der Waals surface area contributed by atoms with Crippen molar-refractivity contribution in [1.29, 1.82) is 0 Å². The van der Waals surface area contributed by atoms with Crippen LogP contribution in [0.1, 0.15) is 24.1 Å². The van der Waals surface area contributed by atoms with E-state index in [4.69, 9.17) is 11.6 Å². The number of ether oxygens (including phenoxy) is 1. The second kappa shape index (κ2) is 8.85. The molecule has 158 valence electrons. The van der Waals surface area contributed by atoms with Crippen molar-refractivity contribution in [3.8, 4) is 0 Å². The molecular formula is C17H12ClF7N2O2. The lowest BCUT2D eigenvalue weighted by Crippen LogP contribution is -2.24. The van der Waals surface area contributed by atoms with Gasteiger partial charge in [0, 0.05) is 11.8 Å². The molecule has 1 aromatic heterocycles. The van der Waals surface area contributed by atoms with Crippen LogP contribution in [-0.2, 0) is 22.3 Å². The normalized spacial score (nSPS) is 15.6. The Morgan fingerprint density at radius 2 is 1.86 bits per heavy atom. The number of nitrogens with zero attached hydrogens (tertiary/aromatic N) is 1. The lowest BCUT2D eigenvalue weighted by molar-refractivity contribution is -0.137. The largest absolute Gasteiger partial charge is 0.491 e. The molecule has 12 heteroatoms. The molecule has 0 saturated carbocycles. The van der Waals surface area contributed by atoms with Gasteiger partial charge in [-0.15, -0.1) is 0 Å². The van der Waals surface area contributed by atoms with E-state index in [1.165, 1.54) is 0 Å². The third-order valence-corrected chi connectivity index (χ3v) is 4.11. The fraction of sp³-hybridized carbons (Fsp3) is 0.294. The van der Waals surface area contributed by atoms with Gasteiger partial charge in [-0.1, -0.05) is 11.6 Å². The number of alkyl halides is 3. The number of methoxy groups -OCH3 is 1. The average Bonchev–Trinajstić information content (AvgIpc) is 2.70. The summed E-state index contributed by atoms with van der Waals surface area (Å²) < 4.78 is 97.8. The first-order chi connectivity index (χ1) is 13.5. The van der Waals surface area contributed by atoms with Crippen LogP contribution in [-0.4, -0.2) is 18.0 Å². The van der Waals surface area contributed by atoms with Gasteiger partial charge in [-0.05, 0) is 6.07 Å². The summed E-state index contributed by atoms with van der Waals surface area (Å²) in [5, 5.41) is 1.74. The van der Waals surface area contributed by atoms with Gasteiger partial charge in [-0.3, -0.25) is 9.78 Å². The maximum absolute atomic E-state index is 14.1. The summed E-state index contributed by atoms with van der Waals surface area (Å²) in [6.07, 6.45) is -6.29. The van der Waals surface area contributed by atoms with Crippen LogP contribution in [0.3, 0.4) is 0 Å². The molecule has 0 fully saturated rings. The van der Waals surface area contributed by atoms with E-state index in [-0.39, 0.29) is 5.69 Å². The van der Waals surface area contributed by atoms with E-state index in [0.29, 0.717) is 12.3 Å². The highest BCUT2D eigenvalue weighted by molar-refractivity contribution is 6.31. The van der Waals surface area contributed by atoms with Crippen molar-refractivity contribution in [3.05, 3.63) is 63.2 Å². The SMILES string of the molecule is COC1=C(F)CC(F)=C(CC(=O)NCc2ncc(C(F)(F)F)cc2Cl)C(F)=C1F. The summed E-state index contributed by atoms with van der Waals surface area (Å²) in [4.78, 5) is 15.4. The number of carbonyl (C=O) groups is 1. The monoisotopic (exact) mass is 444 g/mol. The number of allylic oxidation sites excluding steroid dienone is 4. The molecule has 0 atom stereocenters. The van der Waals surface area contributed by atoms with Gasteiger partial charge in [0.05, 0.1) is 42.8 Å². The Labute approximate surface area is 164 Å². The van der Waals surface area contributed by atoms with Gasteiger partial charge in [0.15, 0.2) is 17.4 Å². The number of amides is 1. The predicted molar refractivity (Wildman–Crippen MR) is 87.8 cm³/mol.